The van der Waals surface area contributed by atoms with Gasteiger partial charge >= 0.3 is 5.97 Å². The molecule has 0 saturated heterocycles. The Bertz CT molecular complexity index is 614. The average molecular weight is 711 g/mol. The Morgan fingerprint density at radius 2 is 0.531 bits per heavy atom. The van der Waals surface area contributed by atoms with Crippen LogP contribution in [0, 0.1) is 0 Å². The predicted octanol–water partition coefficient (Wildman–Crippen LogP) is 5.81. The number of unbranched alkanes of at least 4 members (excludes halogenated alkanes) is 10. The molecule has 49 heavy (non-hydrogen) atoms. The number of hydrogen-bond donors (Lipinski definition) is 0. The van der Waals surface area contributed by atoms with Gasteiger partial charge in [-0.15, -0.1) is 0 Å². The van der Waals surface area contributed by atoms with E-state index in [1.807, 2.05) is 0 Å². The Balaban J connectivity index is 3.10. The number of carbonyl (C=O) groups excluding carboxylic acids is 1. The van der Waals surface area contributed by atoms with Crippen molar-refractivity contribution in [1.29, 1.82) is 0 Å². The molecule has 0 bridgehead atoms. The average Bonchev–Trinajstić information content (AvgIpc) is 3.11. The molecular weight excluding hydrogens is 636 g/mol. The van der Waals surface area contributed by atoms with Gasteiger partial charge in [-0.25, -0.2) is 0 Å². The van der Waals surface area contributed by atoms with Crippen molar-refractivity contribution in [3.8, 4) is 0 Å². The molecule has 0 saturated carbocycles. The van der Waals surface area contributed by atoms with Crippen LogP contribution >= 0.6 is 0 Å². The summed E-state index contributed by atoms with van der Waals surface area (Å²) in [5, 5.41) is 0. The Morgan fingerprint density at radius 1 is 0.286 bits per heavy atom. The summed E-state index contributed by atoms with van der Waals surface area (Å²) in [6.45, 7) is 15.4. The lowest BCUT2D eigenvalue weighted by atomic mass is 10.1. The second-order valence-corrected chi connectivity index (χ2v) is 11.6. The fraction of sp³-hybridized carbons (Fsp3) is 0.973. The molecule has 0 fully saturated rings. The monoisotopic (exact) mass is 711 g/mol. The number of esters is 1. The smallest absolute Gasteiger partial charge is 0.305 e. The highest BCUT2D eigenvalue weighted by Gasteiger charge is 2.03. The van der Waals surface area contributed by atoms with Crippen LogP contribution in [0.1, 0.15) is 97.3 Å². The number of ether oxygens (including phenoxy) is 11. The molecule has 12 heteroatoms. The zero-order valence-corrected chi connectivity index (χ0v) is 31.4. The van der Waals surface area contributed by atoms with Gasteiger partial charge in [0.15, 0.2) is 0 Å². The van der Waals surface area contributed by atoms with Crippen LogP contribution in [0.4, 0.5) is 0 Å². The Labute approximate surface area is 298 Å². The summed E-state index contributed by atoms with van der Waals surface area (Å²) < 4.78 is 60.0. The van der Waals surface area contributed by atoms with Gasteiger partial charge in [0.05, 0.1) is 126 Å². The molecule has 0 N–H and O–H groups in total. The van der Waals surface area contributed by atoms with E-state index in [9.17, 15) is 4.79 Å². The van der Waals surface area contributed by atoms with E-state index in [1.165, 1.54) is 57.8 Å². The molecule has 0 rings (SSSR count). The summed E-state index contributed by atoms with van der Waals surface area (Å²) in [5.74, 6) is -0.134. The van der Waals surface area contributed by atoms with Crippen LogP contribution in [-0.2, 0) is 56.9 Å². The Hall–Kier alpha value is -0.930. The third-order valence-corrected chi connectivity index (χ3v) is 7.22. The van der Waals surface area contributed by atoms with Crippen LogP contribution in [0.2, 0.25) is 0 Å². The van der Waals surface area contributed by atoms with Gasteiger partial charge < -0.3 is 52.1 Å². The minimum Gasteiger partial charge on any atom is -0.463 e. The second kappa shape index (κ2) is 45.1. The van der Waals surface area contributed by atoms with E-state index in [4.69, 9.17) is 52.1 Å². The molecule has 0 aromatic heterocycles. The van der Waals surface area contributed by atoms with Crippen molar-refractivity contribution >= 4 is 5.97 Å². The molecule has 0 aliphatic rings. The van der Waals surface area contributed by atoms with E-state index in [2.05, 4.69) is 13.8 Å². The molecule has 12 nitrogen and oxygen atoms in total. The van der Waals surface area contributed by atoms with Crippen molar-refractivity contribution in [3.63, 3.8) is 0 Å². The topological polar surface area (TPSA) is 119 Å². The van der Waals surface area contributed by atoms with Crippen molar-refractivity contribution < 1.29 is 56.9 Å². The predicted molar refractivity (Wildman–Crippen MR) is 191 cm³/mol. The van der Waals surface area contributed by atoms with Crippen molar-refractivity contribution in [1.82, 2.24) is 0 Å². The zero-order valence-electron chi connectivity index (χ0n) is 31.4. The number of carbonyl (C=O) groups is 1. The van der Waals surface area contributed by atoms with Gasteiger partial charge in [-0.05, 0) is 12.8 Å². The first-order valence-electron chi connectivity index (χ1n) is 19.2. The lowest BCUT2D eigenvalue weighted by molar-refractivity contribution is -0.145. The Kier molecular flexibility index (Phi) is 44.2. The first-order chi connectivity index (χ1) is 24.3. The molecule has 0 unspecified atom stereocenters. The van der Waals surface area contributed by atoms with Crippen LogP contribution in [0.5, 0.6) is 0 Å². The van der Waals surface area contributed by atoms with Crippen LogP contribution in [0.3, 0.4) is 0 Å². The molecule has 0 aromatic carbocycles. The minimum atomic E-state index is -0.134. The summed E-state index contributed by atoms with van der Waals surface area (Å²) in [7, 11) is 0. The van der Waals surface area contributed by atoms with E-state index < -0.39 is 0 Å². The van der Waals surface area contributed by atoms with E-state index in [1.54, 1.807) is 0 Å². The second-order valence-electron chi connectivity index (χ2n) is 11.6. The first-order valence-corrected chi connectivity index (χ1v) is 19.2. The summed E-state index contributed by atoms with van der Waals surface area (Å²) in [5.41, 5.74) is 0. The quantitative estimate of drug-likeness (QED) is 0.0561. The third-order valence-electron chi connectivity index (χ3n) is 7.22. The summed E-state index contributed by atoms with van der Waals surface area (Å²) in [6, 6.07) is 0. The van der Waals surface area contributed by atoms with Crippen molar-refractivity contribution in [2.24, 2.45) is 0 Å². The summed E-state index contributed by atoms with van der Waals surface area (Å²) in [4.78, 5) is 11.8. The SMILES string of the molecule is CCCCCCCCCCCC(=O)OCCOCCOCCOCCOCCOCCOCCOCCOCCOCCOCCCCC. The van der Waals surface area contributed by atoms with E-state index in [0.29, 0.717) is 139 Å². The fourth-order valence-electron chi connectivity index (χ4n) is 4.40. The van der Waals surface area contributed by atoms with Gasteiger partial charge in [0.25, 0.3) is 0 Å². The zero-order chi connectivity index (χ0) is 35.4. The highest BCUT2D eigenvalue weighted by atomic mass is 16.6. The maximum Gasteiger partial charge on any atom is 0.305 e. The normalized spacial score (nSPS) is 11.5. The molecule has 0 amide bonds. The number of hydrogen-bond acceptors (Lipinski definition) is 12. The van der Waals surface area contributed by atoms with E-state index in [-0.39, 0.29) is 5.97 Å². The van der Waals surface area contributed by atoms with Gasteiger partial charge in [0.2, 0.25) is 0 Å². The third kappa shape index (κ3) is 45.0. The van der Waals surface area contributed by atoms with Crippen molar-refractivity contribution in [2.45, 2.75) is 97.3 Å². The lowest BCUT2D eigenvalue weighted by Gasteiger charge is -2.09. The van der Waals surface area contributed by atoms with Crippen LogP contribution < -0.4 is 0 Å². The van der Waals surface area contributed by atoms with E-state index >= 15 is 0 Å². The van der Waals surface area contributed by atoms with Gasteiger partial charge in [0, 0.05) is 13.0 Å². The Morgan fingerprint density at radius 3 is 0.857 bits per heavy atom. The summed E-state index contributed by atoms with van der Waals surface area (Å²) >= 11 is 0. The van der Waals surface area contributed by atoms with Crippen LogP contribution in [-0.4, -0.2) is 145 Å². The van der Waals surface area contributed by atoms with Gasteiger partial charge in [-0.1, -0.05) is 78.1 Å². The van der Waals surface area contributed by atoms with Crippen LogP contribution in [0.15, 0.2) is 0 Å². The standard InChI is InChI=1S/C37H74O12/c1-3-5-7-8-9-10-11-12-13-15-37(38)49-36-35-48-34-33-47-32-31-46-30-29-45-28-27-44-26-25-43-24-23-42-22-21-41-20-19-40-18-17-39-16-14-6-4-2/h3-36H2,1-2H3. The summed E-state index contributed by atoms with van der Waals surface area (Å²) in [6.07, 6.45) is 15.2. The van der Waals surface area contributed by atoms with Gasteiger partial charge in [-0.3, -0.25) is 4.79 Å². The highest BCUT2D eigenvalue weighted by Crippen LogP contribution is 2.10. The molecule has 294 valence electrons. The fourth-order valence-corrected chi connectivity index (χ4v) is 4.40. The first kappa shape index (κ1) is 48.1. The largest absolute Gasteiger partial charge is 0.463 e. The molecule has 0 heterocycles. The molecular formula is C37H74O12. The highest BCUT2D eigenvalue weighted by molar-refractivity contribution is 5.69. The molecule has 0 aromatic rings. The van der Waals surface area contributed by atoms with Gasteiger partial charge in [0.1, 0.15) is 6.61 Å². The molecule has 0 aliphatic carbocycles. The van der Waals surface area contributed by atoms with Crippen molar-refractivity contribution in [3.05, 3.63) is 0 Å². The maximum atomic E-state index is 11.8. The molecule has 0 spiro atoms. The lowest BCUT2D eigenvalue weighted by Crippen LogP contribution is -2.15. The molecule has 0 atom stereocenters. The molecule has 0 aliphatic heterocycles. The van der Waals surface area contributed by atoms with Crippen LogP contribution in [0.25, 0.3) is 0 Å². The molecule has 0 radical (unpaired) electrons. The van der Waals surface area contributed by atoms with Crippen molar-refractivity contribution in [2.75, 3.05) is 139 Å². The minimum absolute atomic E-state index is 0.134. The van der Waals surface area contributed by atoms with E-state index in [0.717, 1.165) is 25.9 Å². The maximum absolute atomic E-state index is 11.8. The number of rotatable bonds is 44. The van der Waals surface area contributed by atoms with Gasteiger partial charge in [-0.2, -0.15) is 0 Å².